The highest BCUT2D eigenvalue weighted by Gasteiger charge is 2.16. The van der Waals surface area contributed by atoms with Crippen molar-refractivity contribution >= 4 is 16.8 Å². The maximum absolute atomic E-state index is 14.9. The molecule has 0 aliphatic carbocycles. The maximum Gasteiger partial charge on any atom is 0.153 e. The third kappa shape index (κ3) is 4.32. The molecule has 0 amide bonds. The van der Waals surface area contributed by atoms with Gasteiger partial charge in [0.15, 0.2) is 5.82 Å². The SMILES string of the molecule is CC(=O)Cc1cc(F)ccc1OCc1cc(-c2ccnc(CN)c2F)c2occc2c1. The predicted molar refractivity (Wildman–Crippen MR) is 112 cm³/mol. The largest absolute Gasteiger partial charge is 0.489 e. The van der Waals surface area contributed by atoms with Gasteiger partial charge in [-0.2, -0.15) is 0 Å². The lowest BCUT2D eigenvalue weighted by atomic mass is 10.00. The highest BCUT2D eigenvalue weighted by Crippen LogP contribution is 2.33. The van der Waals surface area contributed by atoms with E-state index in [0.29, 0.717) is 28.0 Å². The van der Waals surface area contributed by atoms with Gasteiger partial charge in [0.25, 0.3) is 0 Å². The number of furan rings is 1. The van der Waals surface area contributed by atoms with Crippen LogP contribution in [0.5, 0.6) is 5.75 Å². The van der Waals surface area contributed by atoms with Crippen LogP contribution in [0.1, 0.15) is 23.7 Å². The number of carbonyl (C=O) groups excluding carboxylic acids is 1. The smallest absolute Gasteiger partial charge is 0.153 e. The third-order valence-corrected chi connectivity index (χ3v) is 4.91. The van der Waals surface area contributed by atoms with Gasteiger partial charge in [0.2, 0.25) is 0 Å². The molecule has 2 aromatic heterocycles. The van der Waals surface area contributed by atoms with Crippen molar-refractivity contribution in [2.45, 2.75) is 26.5 Å². The maximum atomic E-state index is 14.9. The average molecular weight is 422 g/mol. The predicted octanol–water partition coefficient (Wildman–Crippen LogP) is 4.94. The standard InChI is InChI=1S/C24H20F2N2O3/c1-14(29)8-17-11-18(25)2-3-22(17)31-13-15-9-16-5-7-30-24(16)20(10-15)19-4-6-28-21(12-27)23(19)26/h2-7,9-11H,8,12-13,27H2,1H3. The summed E-state index contributed by atoms with van der Waals surface area (Å²) in [4.78, 5) is 15.5. The van der Waals surface area contributed by atoms with Crippen LogP contribution < -0.4 is 10.5 Å². The second kappa shape index (κ2) is 8.65. The lowest BCUT2D eigenvalue weighted by molar-refractivity contribution is -0.116. The number of benzene rings is 2. The van der Waals surface area contributed by atoms with Crippen molar-refractivity contribution in [1.82, 2.24) is 4.98 Å². The summed E-state index contributed by atoms with van der Waals surface area (Å²) in [6, 6.07) is 11.1. The summed E-state index contributed by atoms with van der Waals surface area (Å²) in [6.07, 6.45) is 3.11. The molecule has 0 fully saturated rings. The third-order valence-electron chi connectivity index (χ3n) is 4.91. The van der Waals surface area contributed by atoms with E-state index < -0.39 is 11.6 Å². The Hall–Kier alpha value is -3.58. The number of fused-ring (bicyclic) bond motifs is 1. The summed E-state index contributed by atoms with van der Waals surface area (Å²) in [5.41, 5.74) is 8.42. The number of carbonyl (C=O) groups is 1. The zero-order valence-electron chi connectivity index (χ0n) is 16.8. The fourth-order valence-electron chi connectivity index (χ4n) is 3.52. The molecule has 0 bridgehead atoms. The lowest BCUT2D eigenvalue weighted by Crippen LogP contribution is -2.05. The van der Waals surface area contributed by atoms with E-state index in [1.165, 1.54) is 37.6 Å². The molecule has 31 heavy (non-hydrogen) atoms. The van der Waals surface area contributed by atoms with Gasteiger partial charge >= 0.3 is 0 Å². The Morgan fingerprint density at radius 1 is 1.13 bits per heavy atom. The number of pyridine rings is 1. The Kier molecular flexibility index (Phi) is 5.77. The van der Waals surface area contributed by atoms with E-state index in [9.17, 15) is 13.6 Å². The number of rotatable bonds is 7. The second-order valence-corrected chi connectivity index (χ2v) is 7.23. The van der Waals surface area contributed by atoms with Gasteiger partial charge in [-0.25, -0.2) is 8.78 Å². The number of hydrogen-bond donors (Lipinski definition) is 1. The van der Waals surface area contributed by atoms with Gasteiger partial charge in [0.1, 0.15) is 29.5 Å². The normalized spacial score (nSPS) is 11.1. The van der Waals surface area contributed by atoms with E-state index in [1.54, 1.807) is 18.2 Å². The highest BCUT2D eigenvalue weighted by atomic mass is 19.1. The second-order valence-electron chi connectivity index (χ2n) is 7.23. The Morgan fingerprint density at radius 2 is 1.97 bits per heavy atom. The van der Waals surface area contributed by atoms with Gasteiger partial charge in [0, 0.05) is 41.2 Å². The first-order chi connectivity index (χ1) is 15.0. The molecule has 0 aliphatic heterocycles. The van der Waals surface area contributed by atoms with E-state index in [0.717, 1.165) is 10.9 Å². The molecule has 0 radical (unpaired) electrons. The number of ether oxygens (including phenoxy) is 1. The van der Waals surface area contributed by atoms with Gasteiger partial charge in [0.05, 0.1) is 12.0 Å². The van der Waals surface area contributed by atoms with E-state index in [-0.39, 0.29) is 31.0 Å². The molecule has 2 N–H and O–H groups in total. The molecular formula is C24H20F2N2O3. The minimum atomic E-state index is -0.497. The van der Waals surface area contributed by atoms with E-state index in [4.69, 9.17) is 14.9 Å². The van der Waals surface area contributed by atoms with Crippen LogP contribution in [0.2, 0.25) is 0 Å². The van der Waals surface area contributed by atoms with Gasteiger partial charge in [-0.15, -0.1) is 0 Å². The summed E-state index contributed by atoms with van der Waals surface area (Å²) in [5.74, 6) is -0.606. The fraction of sp³-hybridized carbons (Fsp3) is 0.167. The monoisotopic (exact) mass is 422 g/mol. The van der Waals surface area contributed by atoms with Crippen LogP contribution in [0.15, 0.2) is 59.3 Å². The first-order valence-electron chi connectivity index (χ1n) is 9.71. The molecule has 0 spiro atoms. The first-order valence-corrected chi connectivity index (χ1v) is 9.71. The van der Waals surface area contributed by atoms with Crippen molar-refractivity contribution in [3.8, 4) is 16.9 Å². The molecule has 0 atom stereocenters. The number of hydrogen-bond acceptors (Lipinski definition) is 5. The van der Waals surface area contributed by atoms with Crippen molar-refractivity contribution < 1.29 is 22.7 Å². The van der Waals surface area contributed by atoms with Crippen molar-refractivity contribution in [2.75, 3.05) is 0 Å². The zero-order chi connectivity index (χ0) is 22.0. The van der Waals surface area contributed by atoms with Crippen LogP contribution in [-0.4, -0.2) is 10.8 Å². The molecule has 0 unspecified atom stereocenters. The van der Waals surface area contributed by atoms with Gasteiger partial charge < -0.3 is 14.9 Å². The lowest BCUT2D eigenvalue weighted by Gasteiger charge is -2.13. The Labute approximate surface area is 177 Å². The van der Waals surface area contributed by atoms with Crippen LogP contribution in [0.4, 0.5) is 8.78 Å². The number of Topliss-reactive ketones (excluding diaryl/α,β-unsaturated/α-hetero) is 1. The van der Waals surface area contributed by atoms with Crippen LogP contribution in [0.3, 0.4) is 0 Å². The Morgan fingerprint density at radius 3 is 2.74 bits per heavy atom. The van der Waals surface area contributed by atoms with Gasteiger partial charge in [-0.3, -0.25) is 9.78 Å². The van der Waals surface area contributed by atoms with Crippen molar-refractivity contribution in [2.24, 2.45) is 5.73 Å². The van der Waals surface area contributed by atoms with Crippen LogP contribution in [0.25, 0.3) is 22.1 Å². The molecule has 0 saturated carbocycles. The summed E-state index contributed by atoms with van der Waals surface area (Å²) in [6.45, 7) is 1.56. The molecule has 0 saturated heterocycles. The first kappa shape index (κ1) is 20.7. The Balaban J connectivity index is 1.70. The average Bonchev–Trinajstić information content (AvgIpc) is 3.21. The molecule has 4 aromatic rings. The van der Waals surface area contributed by atoms with E-state index in [2.05, 4.69) is 4.98 Å². The van der Waals surface area contributed by atoms with E-state index >= 15 is 0 Å². The minimum Gasteiger partial charge on any atom is -0.489 e. The van der Waals surface area contributed by atoms with Crippen molar-refractivity contribution in [1.29, 1.82) is 0 Å². The summed E-state index contributed by atoms with van der Waals surface area (Å²) < 4.78 is 40.0. The molecule has 0 aliphatic rings. The molecular weight excluding hydrogens is 402 g/mol. The highest BCUT2D eigenvalue weighted by molar-refractivity contribution is 5.93. The van der Waals surface area contributed by atoms with Crippen LogP contribution in [-0.2, 0) is 24.4 Å². The molecule has 4 rings (SSSR count). The minimum absolute atomic E-state index is 0.0206. The molecule has 5 nitrogen and oxygen atoms in total. The topological polar surface area (TPSA) is 78.3 Å². The van der Waals surface area contributed by atoms with Crippen molar-refractivity contribution in [3.63, 3.8) is 0 Å². The van der Waals surface area contributed by atoms with E-state index in [1.807, 2.05) is 6.07 Å². The fourth-order valence-corrected chi connectivity index (χ4v) is 3.52. The molecule has 7 heteroatoms. The van der Waals surface area contributed by atoms with Crippen molar-refractivity contribution in [3.05, 3.63) is 83.4 Å². The quantitative estimate of drug-likeness (QED) is 0.456. The molecule has 2 heterocycles. The summed E-state index contributed by atoms with van der Waals surface area (Å²) in [7, 11) is 0. The number of aromatic nitrogens is 1. The number of halogens is 2. The summed E-state index contributed by atoms with van der Waals surface area (Å²) >= 11 is 0. The van der Waals surface area contributed by atoms with Gasteiger partial charge in [-0.05, 0) is 55.0 Å². The number of nitrogens with zero attached hydrogens (tertiary/aromatic N) is 1. The summed E-state index contributed by atoms with van der Waals surface area (Å²) in [5, 5.41) is 0.782. The van der Waals surface area contributed by atoms with Crippen LogP contribution in [0, 0.1) is 11.6 Å². The Bertz CT molecular complexity index is 1270. The number of ketones is 1. The van der Waals surface area contributed by atoms with Crippen LogP contribution >= 0.6 is 0 Å². The van der Waals surface area contributed by atoms with Gasteiger partial charge in [-0.1, -0.05) is 0 Å². The zero-order valence-corrected chi connectivity index (χ0v) is 16.8. The molecule has 158 valence electrons. The molecule has 2 aromatic carbocycles. The number of nitrogens with two attached hydrogens (primary N) is 1.